The van der Waals surface area contributed by atoms with E-state index in [1.807, 2.05) is 32.9 Å². The van der Waals surface area contributed by atoms with Gasteiger partial charge in [0.15, 0.2) is 5.78 Å². The van der Waals surface area contributed by atoms with Crippen LogP contribution in [0.2, 0.25) is 0 Å². The van der Waals surface area contributed by atoms with Gasteiger partial charge in [0.05, 0.1) is 17.6 Å². The third kappa shape index (κ3) is 1.07. The van der Waals surface area contributed by atoms with Crippen molar-refractivity contribution in [3.63, 3.8) is 0 Å². The van der Waals surface area contributed by atoms with Crippen molar-refractivity contribution in [1.29, 1.82) is 0 Å². The molecule has 0 aromatic heterocycles. The Labute approximate surface area is 86.5 Å². The van der Waals surface area contributed by atoms with Crippen LogP contribution in [0.15, 0.2) is 12.2 Å². The van der Waals surface area contributed by atoms with Gasteiger partial charge in [0.1, 0.15) is 4.32 Å². The van der Waals surface area contributed by atoms with E-state index in [0.29, 0.717) is 0 Å². The molecule has 0 unspecified atom stereocenters. The largest absolute Gasteiger partial charge is 0.364 e. The maximum Gasteiger partial charge on any atom is 0.160 e. The summed E-state index contributed by atoms with van der Waals surface area (Å²) in [6, 6.07) is 0. The Bertz CT molecular complexity index is 265. The number of carbonyl (C=O) groups is 1. The first kappa shape index (κ1) is 9.41. The second-order valence-corrected chi connectivity index (χ2v) is 6.14. The Balaban J connectivity index is 2.47. The second kappa shape index (κ2) is 2.45. The molecule has 2 aliphatic rings. The van der Waals surface area contributed by atoms with Crippen molar-refractivity contribution >= 4 is 21.7 Å². The van der Waals surface area contributed by atoms with Crippen molar-refractivity contribution < 1.29 is 9.53 Å². The molecule has 1 fully saturated rings. The smallest absolute Gasteiger partial charge is 0.160 e. The van der Waals surface area contributed by atoms with E-state index in [1.165, 1.54) is 0 Å². The number of ether oxygens (including phenoxy) is 1. The molecule has 0 aliphatic carbocycles. The number of Topliss-reactive ketones (excluding diaryl/α,β-unsaturated/α-hetero) is 1. The Morgan fingerprint density at radius 2 is 1.85 bits per heavy atom. The maximum absolute atomic E-state index is 12.1. The molecular weight excluding hydrogens is 232 g/mol. The van der Waals surface area contributed by atoms with Gasteiger partial charge in [0.25, 0.3) is 0 Å². The molecule has 0 aromatic carbocycles. The fraction of sp³-hybridized carbons (Fsp3) is 0.700. The third-order valence-electron chi connectivity index (χ3n) is 3.03. The Kier molecular flexibility index (Phi) is 1.77. The molecule has 13 heavy (non-hydrogen) atoms. The van der Waals surface area contributed by atoms with Crippen molar-refractivity contribution in [2.45, 2.75) is 37.3 Å². The highest BCUT2D eigenvalue weighted by Crippen LogP contribution is 2.46. The summed E-state index contributed by atoms with van der Waals surface area (Å²) in [6.45, 7) is 5.75. The van der Waals surface area contributed by atoms with Gasteiger partial charge in [-0.3, -0.25) is 4.79 Å². The van der Waals surface area contributed by atoms with Crippen LogP contribution in [-0.4, -0.2) is 22.3 Å². The van der Waals surface area contributed by atoms with Gasteiger partial charge >= 0.3 is 0 Å². The number of carbonyl (C=O) groups excluding carboxylic acids is 1. The lowest BCUT2D eigenvalue weighted by Gasteiger charge is -2.43. The Morgan fingerprint density at radius 3 is 2.46 bits per heavy atom. The number of rotatable bonds is 0. The van der Waals surface area contributed by atoms with Crippen LogP contribution < -0.4 is 0 Å². The molecule has 72 valence electrons. The van der Waals surface area contributed by atoms with Crippen LogP contribution in [0.25, 0.3) is 0 Å². The summed E-state index contributed by atoms with van der Waals surface area (Å²) in [4.78, 5) is 12.1. The molecule has 0 N–H and O–H groups in total. The van der Waals surface area contributed by atoms with E-state index in [-0.39, 0.29) is 18.0 Å². The van der Waals surface area contributed by atoms with E-state index in [0.717, 1.165) is 0 Å². The minimum absolute atomic E-state index is 0.0457. The molecule has 2 aliphatic heterocycles. The van der Waals surface area contributed by atoms with Crippen LogP contribution in [0, 0.1) is 5.41 Å². The molecule has 2 nitrogen and oxygen atoms in total. The molecule has 0 saturated carbocycles. The van der Waals surface area contributed by atoms with Gasteiger partial charge < -0.3 is 4.74 Å². The van der Waals surface area contributed by atoms with Gasteiger partial charge in [-0.05, 0) is 6.92 Å². The summed E-state index contributed by atoms with van der Waals surface area (Å²) >= 11 is 3.46. The molecule has 1 saturated heterocycles. The van der Waals surface area contributed by atoms with Crippen LogP contribution in [0.4, 0.5) is 0 Å². The lowest BCUT2D eigenvalue weighted by molar-refractivity contribution is -0.149. The SMILES string of the molecule is CC1(C)C(=O)[C@](C)(Br)[C@@H]2C=C[C@H]1O2. The van der Waals surface area contributed by atoms with Crippen molar-refractivity contribution in [3.05, 3.63) is 12.2 Å². The van der Waals surface area contributed by atoms with Gasteiger partial charge in [0, 0.05) is 0 Å². The minimum Gasteiger partial charge on any atom is -0.364 e. The van der Waals surface area contributed by atoms with E-state index >= 15 is 0 Å². The summed E-state index contributed by atoms with van der Waals surface area (Å²) in [6.07, 6.45) is 3.83. The highest BCUT2D eigenvalue weighted by atomic mass is 79.9. The van der Waals surface area contributed by atoms with E-state index in [9.17, 15) is 4.79 Å². The number of fused-ring (bicyclic) bond motifs is 2. The maximum atomic E-state index is 12.1. The summed E-state index contributed by atoms with van der Waals surface area (Å²) in [5.41, 5.74) is -0.415. The average Bonchev–Trinajstić information content (AvgIpc) is 2.48. The topological polar surface area (TPSA) is 26.3 Å². The van der Waals surface area contributed by atoms with Gasteiger partial charge in [0.2, 0.25) is 0 Å². The first-order valence-corrected chi connectivity index (χ1v) is 5.23. The van der Waals surface area contributed by atoms with E-state index < -0.39 is 9.74 Å². The summed E-state index contributed by atoms with van der Waals surface area (Å²) in [7, 11) is 0. The monoisotopic (exact) mass is 244 g/mol. The lowest BCUT2D eigenvalue weighted by atomic mass is 9.75. The van der Waals surface area contributed by atoms with E-state index in [4.69, 9.17) is 4.74 Å². The van der Waals surface area contributed by atoms with Crippen LogP contribution in [0.5, 0.6) is 0 Å². The lowest BCUT2D eigenvalue weighted by Crippen LogP contribution is -2.56. The molecule has 3 heteroatoms. The predicted octanol–water partition coefficient (Wildman–Crippen LogP) is 2.07. The molecule has 2 bridgehead atoms. The first-order valence-electron chi connectivity index (χ1n) is 4.44. The zero-order valence-corrected chi connectivity index (χ0v) is 9.59. The summed E-state index contributed by atoms with van der Waals surface area (Å²) in [5.74, 6) is 0.228. The quantitative estimate of drug-likeness (QED) is 0.482. The number of halogens is 1. The number of hydrogen-bond acceptors (Lipinski definition) is 2. The molecule has 0 spiro atoms. The molecule has 2 heterocycles. The summed E-state index contributed by atoms with van der Waals surface area (Å²) in [5, 5.41) is 0. The Hall–Kier alpha value is -0.150. The van der Waals surface area contributed by atoms with Crippen LogP contribution >= 0.6 is 15.9 Å². The molecule has 0 radical (unpaired) electrons. The van der Waals surface area contributed by atoms with Gasteiger partial charge in [-0.15, -0.1) is 0 Å². The van der Waals surface area contributed by atoms with Crippen LogP contribution in [-0.2, 0) is 9.53 Å². The van der Waals surface area contributed by atoms with E-state index in [1.54, 1.807) is 0 Å². The third-order valence-corrected chi connectivity index (χ3v) is 3.84. The van der Waals surface area contributed by atoms with Crippen molar-refractivity contribution in [2.24, 2.45) is 5.41 Å². The standard InChI is InChI=1S/C10H13BrO2/c1-9(2)6-4-5-7(13-6)10(3,11)8(9)12/h4-7H,1-3H3/t6-,7+,10-/m1/s1. The normalized spacial score (nSPS) is 46.9. The molecule has 0 amide bonds. The van der Waals surface area contributed by atoms with Gasteiger partial charge in [-0.1, -0.05) is 41.9 Å². The molecule has 3 atom stereocenters. The first-order chi connectivity index (χ1) is 5.87. The number of hydrogen-bond donors (Lipinski definition) is 0. The fourth-order valence-electron chi connectivity index (χ4n) is 2.06. The van der Waals surface area contributed by atoms with Crippen molar-refractivity contribution in [1.82, 2.24) is 0 Å². The molecular formula is C10H13BrO2. The zero-order chi connectivity index (χ0) is 9.85. The van der Waals surface area contributed by atoms with Crippen LogP contribution in [0.1, 0.15) is 20.8 Å². The predicted molar refractivity (Wildman–Crippen MR) is 53.9 cm³/mol. The van der Waals surface area contributed by atoms with Gasteiger partial charge in [-0.2, -0.15) is 0 Å². The van der Waals surface area contributed by atoms with E-state index in [2.05, 4.69) is 15.9 Å². The van der Waals surface area contributed by atoms with Crippen LogP contribution in [0.3, 0.4) is 0 Å². The highest BCUT2D eigenvalue weighted by molar-refractivity contribution is 9.10. The highest BCUT2D eigenvalue weighted by Gasteiger charge is 2.56. The zero-order valence-electron chi connectivity index (χ0n) is 8.00. The average molecular weight is 245 g/mol. The number of alkyl halides is 1. The summed E-state index contributed by atoms with van der Waals surface area (Å²) < 4.78 is 5.16. The fourth-order valence-corrected chi connectivity index (χ4v) is 2.83. The second-order valence-electron chi connectivity index (χ2n) is 4.49. The van der Waals surface area contributed by atoms with Crippen molar-refractivity contribution in [3.8, 4) is 0 Å². The number of ketones is 1. The minimum atomic E-state index is -0.556. The Morgan fingerprint density at radius 1 is 1.31 bits per heavy atom. The molecule has 0 aromatic rings. The molecule has 2 rings (SSSR count). The van der Waals surface area contributed by atoms with Crippen molar-refractivity contribution in [2.75, 3.05) is 0 Å². The van der Waals surface area contributed by atoms with Gasteiger partial charge in [-0.25, -0.2) is 0 Å².